The fourth-order valence-corrected chi connectivity index (χ4v) is 2.14. The van der Waals surface area contributed by atoms with Crippen molar-refractivity contribution >= 4 is 23.2 Å². The molecule has 0 atom stereocenters. The first-order chi connectivity index (χ1) is 9.27. The summed E-state index contributed by atoms with van der Waals surface area (Å²) in [6.45, 7) is 0. The number of aromatic amines is 1. The van der Waals surface area contributed by atoms with Crippen molar-refractivity contribution in [3.05, 3.63) is 61.7 Å². The first-order valence-electron chi connectivity index (χ1n) is 5.37. The Morgan fingerprint density at radius 3 is 2.35 bits per heavy atom. The van der Waals surface area contributed by atoms with Gasteiger partial charge in [-0.25, -0.2) is 4.98 Å². The van der Waals surface area contributed by atoms with Gasteiger partial charge in [-0.3, -0.25) is 4.79 Å². The van der Waals surface area contributed by atoms with Crippen molar-refractivity contribution < 1.29 is 13.2 Å². The minimum atomic E-state index is -4.69. The number of nitrogens with zero attached hydrogens (tertiary/aromatic N) is 1. The number of rotatable bonds is 2. The Kier molecular flexibility index (Phi) is 4.06. The van der Waals surface area contributed by atoms with Crippen LogP contribution in [0.3, 0.4) is 0 Å². The molecule has 0 aliphatic carbocycles. The summed E-state index contributed by atoms with van der Waals surface area (Å²) in [6.07, 6.45) is -4.79. The van der Waals surface area contributed by atoms with Crippen LogP contribution >= 0.6 is 23.2 Å². The van der Waals surface area contributed by atoms with Gasteiger partial charge in [0, 0.05) is 22.5 Å². The number of aromatic nitrogens is 2. The maximum Gasteiger partial charge on any atom is 0.433 e. The Balaban J connectivity index is 2.45. The predicted molar refractivity (Wildman–Crippen MR) is 69.1 cm³/mol. The lowest BCUT2D eigenvalue weighted by Crippen LogP contribution is -2.18. The molecule has 1 N–H and O–H groups in total. The average molecular weight is 323 g/mol. The summed E-state index contributed by atoms with van der Waals surface area (Å²) in [5.74, 6) is -0.153. The van der Waals surface area contributed by atoms with E-state index in [0.717, 1.165) is 0 Å². The van der Waals surface area contributed by atoms with E-state index in [1.165, 1.54) is 0 Å². The van der Waals surface area contributed by atoms with Crippen molar-refractivity contribution in [1.82, 2.24) is 9.97 Å². The van der Waals surface area contributed by atoms with Crippen LogP contribution in [0.15, 0.2) is 29.1 Å². The summed E-state index contributed by atoms with van der Waals surface area (Å²) in [4.78, 5) is 16.9. The molecule has 20 heavy (non-hydrogen) atoms. The second-order valence-electron chi connectivity index (χ2n) is 3.95. The van der Waals surface area contributed by atoms with Crippen molar-refractivity contribution in [3.63, 3.8) is 0 Å². The third kappa shape index (κ3) is 3.32. The van der Waals surface area contributed by atoms with Crippen LogP contribution in [0.25, 0.3) is 0 Å². The Morgan fingerprint density at radius 1 is 1.20 bits per heavy atom. The van der Waals surface area contributed by atoms with E-state index >= 15 is 0 Å². The van der Waals surface area contributed by atoms with Crippen LogP contribution in [0.5, 0.6) is 0 Å². The van der Waals surface area contributed by atoms with Gasteiger partial charge in [0.15, 0.2) is 5.69 Å². The lowest BCUT2D eigenvalue weighted by atomic mass is 10.1. The quantitative estimate of drug-likeness (QED) is 0.916. The van der Waals surface area contributed by atoms with E-state index in [9.17, 15) is 18.0 Å². The molecule has 1 aromatic heterocycles. The van der Waals surface area contributed by atoms with Crippen LogP contribution in [0, 0.1) is 0 Å². The van der Waals surface area contributed by atoms with Crippen LogP contribution in [-0.2, 0) is 12.6 Å². The van der Waals surface area contributed by atoms with Gasteiger partial charge in [-0.15, -0.1) is 0 Å². The molecule has 0 unspecified atom stereocenters. The average Bonchev–Trinajstić information content (AvgIpc) is 2.32. The normalized spacial score (nSPS) is 11.7. The molecule has 0 aliphatic heterocycles. The van der Waals surface area contributed by atoms with Crippen LogP contribution in [0.2, 0.25) is 10.0 Å². The highest BCUT2D eigenvalue weighted by molar-refractivity contribution is 6.36. The van der Waals surface area contributed by atoms with Crippen molar-refractivity contribution in [3.8, 4) is 0 Å². The maximum absolute atomic E-state index is 12.6. The highest BCUT2D eigenvalue weighted by Gasteiger charge is 2.33. The van der Waals surface area contributed by atoms with Crippen molar-refractivity contribution in [1.29, 1.82) is 0 Å². The van der Waals surface area contributed by atoms with E-state index in [2.05, 4.69) is 9.97 Å². The molecule has 2 aromatic rings. The van der Waals surface area contributed by atoms with Crippen molar-refractivity contribution in [2.75, 3.05) is 0 Å². The molecule has 8 heteroatoms. The van der Waals surface area contributed by atoms with Gasteiger partial charge in [-0.2, -0.15) is 13.2 Å². The fraction of sp³-hybridized carbons (Fsp3) is 0.167. The number of alkyl halides is 3. The Morgan fingerprint density at radius 2 is 1.80 bits per heavy atom. The highest BCUT2D eigenvalue weighted by Crippen LogP contribution is 2.28. The molecule has 0 fully saturated rings. The van der Waals surface area contributed by atoms with Gasteiger partial charge in [-0.1, -0.05) is 29.3 Å². The molecule has 3 nitrogen and oxygen atoms in total. The number of halogens is 5. The monoisotopic (exact) mass is 322 g/mol. The molecule has 0 amide bonds. The molecule has 0 saturated carbocycles. The summed E-state index contributed by atoms with van der Waals surface area (Å²) in [5.41, 5.74) is -1.73. The summed E-state index contributed by atoms with van der Waals surface area (Å²) >= 11 is 11.8. The summed E-state index contributed by atoms with van der Waals surface area (Å²) in [7, 11) is 0. The zero-order chi connectivity index (χ0) is 14.9. The fourth-order valence-electron chi connectivity index (χ4n) is 1.61. The van der Waals surface area contributed by atoms with E-state index in [1.54, 1.807) is 18.2 Å². The second kappa shape index (κ2) is 5.46. The Bertz CT molecular complexity index is 678. The van der Waals surface area contributed by atoms with Gasteiger partial charge in [0.1, 0.15) is 5.82 Å². The number of nitrogens with one attached hydrogen (secondary N) is 1. The second-order valence-corrected chi connectivity index (χ2v) is 4.77. The molecule has 106 valence electrons. The van der Waals surface area contributed by atoms with Gasteiger partial charge in [0.2, 0.25) is 0 Å². The summed E-state index contributed by atoms with van der Waals surface area (Å²) < 4.78 is 37.7. The molecule has 0 saturated heterocycles. The topological polar surface area (TPSA) is 45.8 Å². The molecular weight excluding hydrogens is 316 g/mol. The Labute approximate surface area is 121 Å². The van der Waals surface area contributed by atoms with Crippen LogP contribution < -0.4 is 5.56 Å². The van der Waals surface area contributed by atoms with Crippen LogP contribution in [0.4, 0.5) is 13.2 Å². The number of hydrogen-bond acceptors (Lipinski definition) is 2. The Hall–Kier alpha value is -1.53. The molecule has 1 heterocycles. The predicted octanol–water partition coefficient (Wildman–Crippen LogP) is 3.69. The van der Waals surface area contributed by atoms with E-state index in [4.69, 9.17) is 23.2 Å². The first-order valence-corrected chi connectivity index (χ1v) is 6.13. The molecule has 0 spiro atoms. The third-order valence-corrected chi connectivity index (χ3v) is 3.20. The van der Waals surface area contributed by atoms with Crippen LogP contribution in [0.1, 0.15) is 17.1 Å². The summed E-state index contributed by atoms with van der Waals surface area (Å²) in [5, 5.41) is 0.579. The minimum absolute atomic E-state index is 0.0995. The molecule has 0 bridgehead atoms. The van der Waals surface area contributed by atoms with Gasteiger partial charge in [0.05, 0.1) is 0 Å². The van der Waals surface area contributed by atoms with Crippen molar-refractivity contribution in [2.45, 2.75) is 12.6 Å². The zero-order valence-electron chi connectivity index (χ0n) is 9.76. The molecule has 0 aliphatic rings. The van der Waals surface area contributed by atoms with Gasteiger partial charge >= 0.3 is 6.18 Å². The molecule has 0 radical (unpaired) electrons. The standard InChI is InChI=1S/C12H7Cl2F3N2O/c13-7-2-1-3-8(14)6(7)4-10-18-9(12(15,16)17)5-11(20)19-10/h1-3,5H,4H2,(H,18,19,20). The highest BCUT2D eigenvalue weighted by atomic mass is 35.5. The first kappa shape index (κ1) is 14.9. The van der Waals surface area contributed by atoms with E-state index in [1.807, 2.05) is 0 Å². The van der Waals surface area contributed by atoms with Gasteiger partial charge < -0.3 is 4.98 Å². The number of hydrogen-bond donors (Lipinski definition) is 1. The molecular formula is C12H7Cl2F3N2O. The van der Waals surface area contributed by atoms with Gasteiger partial charge in [0.25, 0.3) is 5.56 Å². The third-order valence-electron chi connectivity index (χ3n) is 2.49. The van der Waals surface area contributed by atoms with Crippen molar-refractivity contribution in [2.24, 2.45) is 0 Å². The molecule has 2 rings (SSSR count). The van der Waals surface area contributed by atoms with Crippen LogP contribution in [-0.4, -0.2) is 9.97 Å². The van der Waals surface area contributed by atoms with E-state index in [-0.39, 0.29) is 22.3 Å². The van der Waals surface area contributed by atoms with E-state index in [0.29, 0.717) is 11.6 Å². The smallest absolute Gasteiger partial charge is 0.310 e. The van der Waals surface area contributed by atoms with Gasteiger partial charge in [-0.05, 0) is 17.7 Å². The SMILES string of the molecule is O=c1cc(C(F)(F)F)nc(Cc2c(Cl)cccc2Cl)[nH]1. The maximum atomic E-state index is 12.6. The lowest BCUT2D eigenvalue weighted by molar-refractivity contribution is -0.141. The summed E-state index contributed by atoms with van der Waals surface area (Å²) in [6, 6.07) is 5.11. The molecule has 1 aromatic carbocycles. The zero-order valence-corrected chi connectivity index (χ0v) is 11.3. The van der Waals surface area contributed by atoms with E-state index < -0.39 is 17.4 Å². The lowest BCUT2D eigenvalue weighted by Gasteiger charge is -2.09. The number of H-pyrrole nitrogens is 1. The number of benzene rings is 1. The minimum Gasteiger partial charge on any atom is -0.310 e. The largest absolute Gasteiger partial charge is 0.433 e.